The third-order valence-electron chi connectivity index (χ3n) is 5.53. The molecule has 1 fully saturated rings. The summed E-state index contributed by atoms with van der Waals surface area (Å²) in [4.78, 5) is 0. The van der Waals surface area contributed by atoms with Gasteiger partial charge in [-0.2, -0.15) is 0 Å². The van der Waals surface area contributed by atoms with Gasteiger partial charge in [-0.3, -0.25) is 0 Å². The molecule has 1 aliphatic rings. The van der Waals surface area contributed by atoms with Crippen molar-refractivity contribution in [1.29, 1.82) is 0 Å². The smallest absolute Gasteiger partial charge is 0.149 e. The van der Waals surface area contributed by atoms with Crippen LogP contribution in [0.3, 0.4) is 0 Å². The van der Waals surface area contributed by atoms with Gasteiger partial charge in [-0.1, -0.05) is 50.2 Å². The maximum Gasteiger partial charge on any atom is 0.149 e. The van der Waals surface area contributed by atoms with Gasteiger partial charge in [0.05, 0.1) is 0 Å². The van der Waals surface area contributed by atoms with Crippen LogP contribution < -0.4 is 5.73 Å². The molecule has 0 aromatic heterocycles. The number of nitrogens with two attached hydrogens (primary N) is 1. The molecule has 1 saturated carbocycles. The molecule has 0 radical (unpaired) electrons. The normalized spacial score (nSPS) is 19.4. The van der Waals surface area contributed by atoms with E-state index in [0.717, 1.165) is 17.0 Å². The highest BCUT2D eigenvalue weighted by Gasteiger charge is 2.19. The monoisotopic (exact) mass is 367 g/mol. The fraction of sp³-hybridized carbons (Fsp3) is 0.417. The fourth-order valence-electron chi connectivity index (χ4n) is 3.77. The Morgan fingerprint density at radius 2 is 1.59 bits per heavy atom. The summed E-state index contributed by atoms with van der Waals surface area (Å²) in [5.74, 6) is 6.59. The Hall–Kier alpha value is -2.34. The van der Waals surface area contributed by atoms with E-state index in [-0.39, 0.29) is 0 Å². The molecule has 0 atom stereocenters. The summed E-state index contributed by atoms with van der Waals surface area (Å²) in [5, 5.41) is 0. The van der Waals surface area contributed by atoms with E-state index >= 15 is 0 Å². The number of halogens is 2. The lowest BCUT2D eigenvalue weighted by Gasteiger charge is -2.25. The molecule has 1 nitrogen and oxygen atoms in total. The molecule has 2 N–H and O–H groups in total. The molecule has 0 amide bonds. The average Bonchev–Trinajstić information content (AvgIpc) is 2.69. The average molecular weight is 367 g/mol. The van der Waals surface area contributed by atoms with Gasteiger partial charge in [0.15, 0.2) is 0 Å². The van der Waals surface area contributed by atoms with Crippen LogP contribution in [0, 0.1) is 35.3 Å². The topological polar surface area (TPSA) is 26.0 Å². The molecule has 0 spiro atoms. The molecular formula is C24H27F2N. The van der Waals surface area contributed by atoms with Crippen LogP contribution in [0.1, 0.15) is 57.4 Å². The Balaban J connectivity index is 1.62. The molecule has 0 unspecified atom stereocenters. The Bertz CT molecular complexity index is 799. The summed E-state index contributed by atoms with van der Waals surface area (Å²) < 4.78 is 27.3. The van der Waals surface area contributed by atoms with Crippen molar-refractivity contribution in [2.45, 2.75) is 51.9 Å². The van der Waals surface area contributed by atoms with E-state index in [0.29, 0.717) is 11.5 Å². The number of anilines is 1. The van der Waals surface area contributed by atoms with E-state index in [9.17, 15) is 8.78 Å². The summed E-state index contributed by atoms with van der Waals surface area (Å²) in [7, 11) is 0. The summed E-state index contributed by atoms with van der Waals surface area (Å²) >= 11 is 0. The Labute approximate surface area is 161 Å². The van der Waals surface area contributed by atoms with E-state index in [1.807, 2.05) is 24.3 Å². The zero-order valence-electron chi connectivity index (χ0n) is 15.9. The van der Waals surface area contributed by atoms with Crippen molar-refractivity contribution < 1.29 is 8.78 Å². The van der Waals surface area contributed by atoms with Gasteiger partial charge >= 0.3 is 0 Å². The second-order valence-corrected chi connectivity index (χ2v) is 7.56. The van der Waals surface area contributed by atoms with E-state index in [1.54, 1.807) is 0 Å². The summed E-state index contributed by atoms with van der Waals surface area (Å²) in [6.07, 6.45) is 8.98. The zero-order valence-corrected chi connectivity index (χ0v) is 15.9. The largest absolute Gasteiger partial charge is 0.394 e. The highest BCUT2D eigenvalue weighted by atomic mass is 19.1. The van der Waals surface area contributed by atoms with Crippen molar-refractivity contribution in [3.05, 3.63) is 53.6 Å². The van der Waals surface area contributed by atoms with Gasteiger partial charge in [-0.05, 0) is 67.0 Å². The number of rotatable bonds is 4. The lowest BCUT2D eigenvalue weighted by Crippen LogP contribution is -2.13. The predicted octanol–water partition coefficient (Wildman–Crippen LogP) is 6.56. The van der Waals surface area contributed by atoms with Crippen molar-refractivity contribution in [3.8, 4) is 23.0 Å². The number of unbranched alkanes of at least 4 members (excludes halogenated alkanes) is 1. The van der Waals surface area contributed by atoms with Gasteiger partial charge in [0.2, 0.25) is 0 Å². The first-order chi connectivity index (χ1) is 13.1. The first kappa shape index (κ1) is 19.4. The minimum Gasteiger partial charge on any atom is -0.394 e. The Kier molecular flexibility index (Phi) is 6.50. The van der Waals surface area contributed by atoms with Crippen LogP contribution in [0.15, 0.2) is 36.4 Å². The van der Waals surface area contributed by atoms with Crippen LogP contribution in [0.4, 0.5) is 14.5 Å². The third-order valence-corrected chi connectivity index (χ3v) is 5.53. The van der Waals surface area contributed by atoms with Crippen LogP contribution in [-0.2, 0) is 0 Å². The maximum atomic E-state index is 13.6. The van der Waals surface area contributed by atoms with Crippen molar-refractivity contribution in [1.82, 2.24) is 0 Å². The lowest BCUT2D eigenvalue weighted by atomic mass is 9.80. The molecule has 2 aromatic carbocycles. The highest BCUT2D eigenvalue weighted by molar-refractivity contribution is 5.67. The van der Waals surface area contributed by atoms with Crippen molar-refractivity contribution in [2.75, 3.05) is 5.73 Å². The van der Waals surface area contributed by atoms with E-state index in [2.05, 4.69) is 18.8 Å². The van der Waals surface area contributed by atoms with Crippen molar-refractivity contribution in [2.24, 2.45) is 11.8 Å². The van der Waals surface area contributed by atoms with Gasteiger partial charge in [0, 0.05) is 11.5 Å². The number of benzene rings is 2. The standard InChI is InChI=1S/C24H27F2N/c1-2-3-4-17-5-7-18(8-6-17)9-10-19-11-13-20(14-12-19)21-15-22(25)24(27)23(26)16-21/h11-18H,2-8,27H2,1H3. The van der Waals surface area contributed by atoms with Gasteiger partial charge < -0.3 is 5.73 Å². The van der Waals surface area contributed by atoms with Gasteiger partial charge in [0.1, 0.15) is 17.3 Å². The summed E-state index contributed by atoms with van der Waals surface area (Å²) in [5.41, 5.74) is 7.04. The number of nitrogen functional groups attached to an aromatic ring is 1. The van der Waals surface area contributed by atoms with E-state index in [4.69, 9.17) is 5.73 Å². The maximum absolute atomic E-state index is 13.6. The molecule has 0 bridgehead atoms. The van der Waals surface area contributed by atoms with Gasteiger partial charge in [0.25, 0.3) is 0 Å². The lowest BCUT2D eigenvalue weighted by molar-refractivity contribution is 0.296. The third kappa shape index (κ3) is 5.10. The second-order valence-electron chi connectivity index (χ2n) is 7.56. The molecule has 3 rings (SSSR count). The van der Waals surface area contributed by atoms with Gasteiger partial charge in [-0.15, -0.1) is 0 Å². The van der Waals surface area contributed by atoms with E-state index < -0.39 is 17.3 Å². The van der Waals surface area contributed by atoms with Crippen molar-refractivity contribution >= 4 is 5.69 Å². The number of hydrogen-bond donors (Lipinski definition) is 1. The molecule has 142 valence electrons. The van der Waals surface area contributed by atoms with Gasteiger partial charge in [-0.25, -0.2) is 8.78 Å². The molecule has 0 heterocycles. The van der Waals surface area contributed by atoms with E-state index in [1.165, 1.54) is 57.1 Å². The Morgan fingerprint density at radius 3 is 2.19 bits per heavy atom. The highest BCUT2D eigenvalue weighted by Crippen LogP contribution is 2.31. The minimum atomic E-state index is -0.733. The quantitative estimate of drug-likeness (QED) is 0.480. The molecule has 3 heteroatoms. The molecule has 2 aromatic rings. The number of hydrogen-bond acceptors (Lipinski definition) is 1. The second kappa shape index (κ2) is 9.04. The molecule has 27 heavy (non-hydrogen) atoms. The molecule has 0 aliphatic heterocycles. The Morgan fingerprint density at radius 1 is 0.963 bits per heavy atom. The zero-order chi connectivity index (χ0) is 19.2. The van der Waals surface area contributed by atoms with Crippen LogP contribution in [0.2, 0.25) is 0 Å². The van der Waals surface area contributed by atoms with Crippen LogP contribution in [0.5, 0.6) is 0 Å². The predicted molar refractivity (Wildman–Crippen MR) is 108 cm³/mol. The summed E-state index contributed by atoms with van der Waals surface area (Å²) in [6.45, 7) is 2.25. The van der Waals surface area contributed by atoms with Crippen molar-refractivity contribution in [3.63, 3.8) is 0 Å². The van der Waals surface area contributed by atoms with Crippen LogP contribution in [0.25, 0.3) is 11.1 Å². The minimum absolute atomic E-state index is 0.439. The summed E-state index contributed by atoms with van der Waals surface area (Å²) in [6, 6.07) is 10.0. The SMILES string of the molecule is CCCCC1CCC(C#Cc2ccc(-c3cc(F)c(N)c(F)c3)cc2)CC1. The first-order valence-electron chi connectivity index (χ1n) is 9.93. The fourth-order valence-corrected chi connectivity index (χ4v) is 3.77. The molecular weight excluding hydrogens is 340 g/mol. The van der Waals surface area contributed by atoms with Crippen LogP contribution >= 0.6 is 0 Å². The molecule has 0 saturated heterocycles. The van der Waals surface area contributed by atoms with Crippen LogP contribution in [-0.4, -0.2) is 0 Å². The first-order valence-corrected chi connectivity index (χ1v) is 9.93. The molecule has 1 aliphatic carbocycles.